The van der Waals surface area contributed by atoms with E-state index in [2.05, 4.69) is 48.3 Å². The van der Waals surface area contributed by atoms with E-state index < -0.39 is 0 Å². The number of unbranched alkanes of at least 4 members (excludes halogenated alkanes) is 1. The molecule has 0 bridgehead atoms. The SMILES string of the molecule is CCCCc1ccc(NC(=S)N2CCC[C@@H](C)C2)cc1. The van der Waals surface area contributed by atoms with Crippen LogP contribution in [0.3, 0.4) is 0 Å². The molecule has 1 atom stereocenters. The van der Waals surface area contributed by atoms with Gasteiger partial charge < -0.3 is 10.2 Å². The van der Waals surface area contributed by atoms with Gasteiger partial charge in [0, 0.05) is 18.8 Å². The summed E-state index contributed by atoms with van der Waals surface area (Å²) in [6.07, 6.45) is 6.25. The fourth-order valence-corrected chi connectivity index (χ4v) is 3.00. The first-order valence-corrected chi connectivity index (χ1v) is 8.24. The zero-order valence-electron chi connectivity index (χ0n) is 12.7. The van der Waals surface area contributed by atoms with Gasteiger partial charge in [-0.25, -0.2) is 0 Å². The maximum absolute atomic E-state index is 5.53. The van der Waals surface area contributed by atoms with Crippen LogP contribution >= 0.6 is 12.2 Å². The number of rotatable bonds is 4. The molecular weight excluding hydrogens is 264 g/mol. The normalized spacial score (nSPS) is 18.9. The predicted octanol–water partition coefficient (Wildman–Crippen LogP) is 4.46. The highest BCUT2D eigenvalue weighted by molar-refractivity contribution is 7.80. The Morgan fingerprint density at radius 3 is 2.75 bits per heavy atom. The standard InChI is InChI=1S/C17H26N2S/c1-3-4-7-15-8-10-16(11-9-15)18-17(20)19-12-5-6-14(2)13-19/h8-11,14H,3-7,12-13H2,1-2H3,(H,18,20)/t14-/m1/s1. The van der Waals surface area contributed by atoms with Crippen LogP contribution in [0.5, 0.6) is 0 Å². The molecule has 1 aliphatic rings. The van der Waals surface area contributed by atoms with E-state index in [1.807, 2.05) is 0 Å². The van der Waals surface area contributed by atoms with Crippen LogP contribution in [-0.2, 0) is 6.42 Å². The molecule has 1 aliphatic heterocycles. The highest BCUT2D eigenvalue weighted by atomic mass is 32.1. The van der Waals surface area contributed by atoms with Crippen LogP contribution in [0.2, 0.25) is 0 Å². The van der Waals surface area contributed by atoms with Gasteiger partial charge in [-0.3, -0.25) is 0 Å². The Morgan fingerprint density at radius 1 is 1.35 bits per heavy atom. The summed E-state index contributed by atoms with van der Waals surface area (Å²) in [5.74, 6) is 0.750. The third kappa shape index (κ3) is 4.48. The molecule has 1 aromatic carbocycles. The molecule has 0 amide bonds. The van der Waals surface area contributed by atoms with Crippen LogP contribution in [0.4, 0.5) is 5.69 Å². The minimum Gasteiger partial charge on any atom is -0.349 e. The third-order valence-electron chi connectivity index (χ3n) is 3.97. The zero-order valence-corrected chi connectivity index (χ0v) is 13.5. The Morgan fingerprint density at radius 2 is 2.10 bits per heavy atom. The van der Waals surface area contributed by atoms with Crippen LogP contribution in [0, 0.1) is 5.92 Å². The van der Waals surface area contributed by atoms with Gasteiger partial charge in [0.05, 0.1) is 0 Å². The van der Waals surface area contributed by atoms with Crippen LogP contribution in [0.15, 0.2) is 24.3 Å². The van der Waals surface area contributed by atoms with E-state index in [9.17, 15) is 0 Å². The Kier molecular flexibility index (Phi) is 5.84. The molecule has 0 radical (unpaired) electrons. The fourth-order valence-electron chi connectivity index (χ4n) is 2.71. The summed E-state index contributed by atoms with van der Waals surface area (Å²) in [6, 6.07) is 8.70. The largest absolute Gasteiger partial charge is 0.349 e. The summed E-state index contributed by atoms with van der Waals surface area (Å²) in [4.78, 5) is 2.30. The van der Waals surface area contributed by atoms with Gasteiger partial charge in [-0.1, -0.05) is 32.4 Å². The third-order valence-corrected chi connectivity index (χ3v) is 4.33. The van der Waals surface area contributed by atoms with Gasteiger partial charge in [0.15, 0.2) is 5.11 Å². The molecule has 2 nitrogen and oxygen atoms in total. The molecule has 2 rings (SSSR count). The average Bonchev–Trinajstić information content (AvgIpc) is 2.46. The van der Waals surface area contributed by atoms with E-state index in [0.29, 0.717) is 0 Å². The van der Waals surface area contributed by atoms with E-state index in [0.717, 1.165) is 29.8 Å². The van der Waals surface area contributed by atoms with E-state index in [1.165, 1.54) is 37.7 Å². The van der Waals surface area contributed by atoms with Crippen molar-refractivity contribution in [3.8, 4) is 0 Å². The highest BCUT2D eigenvalue weighted by Gasteiger charge is 2.18. The van der Waals surface area contributed by atoms with Crippen molar-refractivity contribution in [2.45, 2.75) is 46.0 Å². The lowest BCUT2D eigenvalue weighted by Crippen LogP contribution is -2.41. The molecule has 1 N–H and O–H groups in total. The van der Waals surface area contributed by atoms with E-state index in [1.54, 1.807) is 0 Å². The van der Waals surface area contributed by atoms with Gasteiger partial charge in [-0.2, -0.15) is 0 Å². The summed E-state index contributed by atoms with van der Waals surface area (Å²) in [5.41, 5.74) is 2.52. The smallest absolute Gasteiger partial charge is 0.173 e. The first-order chi connectivity index (χ1) is 9.69. The lowest BCUT2D eigenvalue weighted by Gasteiger charge is -2.33. The molecule has 1 fully saturated rings. The molecule has 1 saturated heterocycles. The number of hydrogen-bond donors (Lipinski definition) is 1. The first kappa shape index (κ1) is 15.3. The van der Waals surface area contributed by atoms with E-state index in [-0.39, 0.29) is 0 Å². The number of thiocarbonyl (C=S) groups is 1. The summed E-state index contributed by atoms with van der Waals surface area (Å²) in [7, 11) is 0. The van der Waals surface area contributed by atoms with Gasteiger partial charge >= 0.3 is 0 Å². The maximum Gasteiger partial charge on any atom is 0.173 e. The number of nitrogens with one attached hydrogen (secondary N) is 1. The van der Waals surface area contributed by atoms with Crippen molar-refractivity contribution in [1.82, 2.24) is 4.90 Å². The Balaban J connectivity index is 1.87. The summed E-state index contributed by atoms with van der Waals surface area (Å²) in [6.45, 7) is 6.70. The lowest BCUT2D eigenvalue weighted by molar-refractivity contribution is 0.276. The zero-order chi connectivity index (χ0) is 14.4. The van der Waals surface area contributed by atoms with Gasteiger partial charge in [-0.15, -0.1) is 0 Å². The van der Waals surface area contributed by atoms with Crippen molar-refractivity contribution in [3.05, 3.63) is 29.8 Å². The molecule has 1 heterocycles. The van der Waals surface area contributed by atoms with E-state index in [4.69, 9.17) is 12.2 Å². The highest BCUT2D eigenvalue weighted by Crippen LogP contribution is 2.17. The number of nitrogens with zero attached hydrogens (tertiary/aromatic N) is 1. The molecule has 3 heteroatoms. The minimum absolute atomic E-state index is 0.750. The average molecular weight is 290 g/mol. The van der Waals surface area contributed by atoms with Gasteiger partial charge in [0.1, 0.15) is 0 Å². The van der Waals surface area contributed by atoms with Crippen molar-refractivity contribution < 1.29 is 0 Å². The number of anilines is 1. The molecule has 0 aliphatic carbocycles. The van der Waals surface area contributed by atoms with Crippen molar-refractivity contribution in [1.29, 1.82) is 0 Å². The molecule has 0 aromatic heterocycles. The second kappa shape index (κ2) is 7.63. The Hall–Kier alpha value is -1.09. The van der Waals surface area contributed by atoms with Crippen LogP contribution in [0.25, 0.3) is 0 Å². The molecule has 0 unspecified atom stereocenters. The lowest BCUT2D eigenvalue weighted by atomic mass is 10.0. The van der Waals surface area contributed by atoms with Crippen molar-refractivity contribution >= 4 is 23.0 Å². The maximum atomic E-state index is 5.53. The quantitative estimate of drug-likeness (QED) is 0.824. The monoisotopic (exact) mass is 290 g/mol. The number of likely N-dealkylation sites (tertiary alicyclic amines) is 1. The summed E-state index contributed by atoms with van der Waals surface area (Å²) < 4.78 is 0. The van der Waals surface area contributed by atoms with Crippen molar-refractivity contribution in [3.63, 3.8) is 0 Å². The second-order valence-corrected chi connectivity index (χ2v) is 6.31. The van der Waals surface area contributed by atoms with E-state index >= 15 is 0 Å². The van der Waals surface area contributed by atoms with Crippen LogP contribution < -0.4 is 5.32 Å². The van der Waals surface area contributed by atoms with Crippen molar-refractivity contribution in [2.75, 3.05) is 18.4 Å². The second-order valence-electron chi connectivity index (χ2n) is 5.92. The van der Waals surface area contributed by atoms with Gasteiger partial charge in [0.2, 0.25) is 0 Å². The number of piperidine rings is 1. The first-order valence-electron chi connectivity index (χ1n) is 7.84. The van der Waals surface area contributed by atoms with Crippen LogP contribution in [-0.4, -0.2) is 23.1 Å². The Bertz CT molecular complexity index is 427. The molecule has 110 valence electrons. The molecule has 1 aromatic rings. The molecule has 20 heavy (non-hydrogen) atoms. The van der Waals surface area contributed by atoms with Crippen LogP contribution in [0.1, 0.15) is 45.1 Å². The molecular formula is C17H26N2S. The van der Waals surface area contributed by atoms with Gasteiger partial charge in [-0.05, 0) is 61.5 Å². The summed E-state index contributed by atoms with van der Waals surface area (Å²) in [5, 5.41) is 4.25. The minimum atomic E-state index is 0.750. The number of hydrogen-bond acceptors (Lipinski definition) is 1. The van der Waals surface area contributed by atoms with Gasteiger partial charge in [0.25, 0.3) is 0 Å². The molecule has 0 spiro atoms. The predicted molar refractivity (Wildman–Crippen MR) is 91.2 cm³/mol. The molecule has 0 saturated carbocycles. The topological polar surface area (TPSA) is 15.3 Å². The Labute approximate surface area is 128 Å². The summed E-state index contributed by atoms with van der Waals surface area (Å²) >= 11 is 5.53. The fraction of sp³-hybridized carbons (Fsp3) is 0.588. The number of benzene rings is 1. The van der Waals surface area contributed by atoms with Crippen molar-refractivity contribution in [2.24, 2.45) is 5.92 Å². The number of aryl methyl sites for hydroxylation is 1.